The predicted octanol–water partition coefficient (Wildman–Crippen LogP) is 4.21. The lowest BCUT2D eigenvalue weighted by atomic mass is 10.0. The third-order valence-corrected chi connectivity index (χ3v) is 7.01. The van der Waals surface area contributed by atoms with Crippen molar-refractivity contribution in [3.63, 3.8) is 0 Å². The number of carbonyl (C=O) groups excluding carboxylic acids is 1. The fourth-order valence-electron chi connectivity index (χ4n) is 2.38. The molecular formula is C16H18N2OS3. The average Bonchev–Trinajstić information content (AvgIpc) is 2.96. The summed E-state index contributed by atoms with van der Waals surface area (Å²) in [5, 5.41) is 5.72. The third-order valence-electron chi connectivity index (χ3n) is 3.50. The molecule has 1 aliphatic heterocycles. The van der Waals surface area contributed by atoms with Crippen LogP contribution in [-0.2, 0) is 4.79 Å². The predicted molar refractivity (Wildman–Crippen MR) is 99.2 cm³/mol. The van der Waals surface area contributed by atoms with E-state index < -0.39 is 0 Å². The number of hydrogen-bond acceptors (Lipinski definition) is 5. The smallest absolute Gasteiger partial charge is 0.240 e. The molecule has 1 N–H and O–H groups in total. The van der Waals surface area contributed by atoms with Crippen LogP contribution in [0.4, 0.5) is 5.13 Å². The molecule has 22 heavy (non-hydrogen) atoms. The molecule has 1 amide bonds. The maximum Gasteiger partial charge on any atom is 0.240 e. The summed E-state index contributed by atoms with van der Waals surface area (Å²) in [5.74, 6) is 3.17. The van der Waals surface area contributed by atoms with Crippen LogP contribution < -0.4 is 5.32 Å². The molecule has 1 fully saturated rings. The van der Waals surface area contributed by atoms with Gasteiger partial charge in [-0.15, -0.1) is 23.1 Å². The van der Waals surface area contributed by atoms with Crippen LogP contribution >= 0.6 is 34.9 Å². The number of thioether (sulfide) groups is 2. The Morgan fingerprint density at radius 1 is 1.32 bits per heavy atom. The van der Waals surface area contributed by atoms with Crippen LogP contribution in [0.1, 0.15) is 11.1 Å². The highest BCUT2D eigenvalue weighted by Gasteiger charge is 2.23. The molecule has 1 atom stereocenters. The van der Waals surface area contributed by atoms with E-state index >= 15 is 0 Å². The highest BCUT2D eigenvalue weighted by Crippen LogP contribution is 2.29. The highest BCUT2D eigenvalue weighted by atomic mass is 32.2. The lowest BCUT2D eigenvalue weighted by Crippen LogP contribution is -2.30. The van der Waals surface area contributed by atoms with Gasteiger partial charge in [0.2, 0.25) is 5.91 Å². The van der Waals surface area contributed by atoms with Crippen LogP contribution in [0.25, 0.3) is 11.3 Å². The van der Waals surface area contributed by atoms with E-state index in [1.807, 2.05) is 17.1 Å². The molecule has 1 aliphatic rings. The average molecular weight is 351 g/mol. The number of amides is 1. The van der Waals surface area contributed by atoms with Crippen molar-refractivity contribution in [2.45, 2.75) is 19.1 Å². The first-order chi connectivity index (χ1) is 10.6. The van der Waals surface area contributed by atoms with Gasteiger partial charge in [-0.3, -0.25) is 4.79 Å². The number of benzene rings is 1. The Balaban J connectivity index is 1.72. The fourth-order valence-corrected chi connectivity index (χ4v) is 5.65. The minimum Gasteiger partial charge on any atom is -0.301 e. The second-order valence-corrected chi connectivity index (χ2v) is 8.60. The summed E-state index contributed by atoms with van der Waals surface area (Å²) in [6, 6.07) is 6.34. The van der Waals surface area contributed by atoms with E-state index in [4.69, 9.17) is 0 Å². The van der Waals surface area contributed by atoms with Crippen LogP contribution in [0.5, 0.6) is 0 Å². The van der Waals surface area contributed by atoms with Crippen LogP contribution in [-0.4, -0.2) is 33.4 Å². The standard InChI is InChI=1S/C16H18N2OS3/c1-10-3-4-12(11(2)7-10)13-8-22-16(17-13)18-15(19)14-9-20-5-6-21-14/h3-4,7-8,14H,5-6,9H2,1-2H3,(H,17,18,19). The van der Waals surface area contributed by atoms with Gasteiger partial charge in [-0.25, -0.2) is 4.98 Å². The molecule has 1 saturated heterocycles. The van der Waals surface area contributed by atoms with Gasteiger partial charge in [-0.1, -0.05) is 23.8 Å². The molecule has 116 valence electrons. The van der Waals surface area contributed by atoms with E-state index in [2.05, 4.69) is 42.3 Å². The number of nitrogens with zero attached hydrogens (tertiary/aromatic N) is 1. The fraction of sp³-hybridized carbons (Fsp3) is 0.375. The van der Waals surface area contributed by atoms with Crippen molar-refractivity contribution in [2.24, 2.45) is 0 Å². The zero-order chi connectivity index (χ0) is 15.5. The largest absolute Gasteiger partial charge is 0.301 e. The summed E-state index contributed by atoms with van der Waals surface area (Å²) in [6.45, 7) is 4.18. The van der Waals surface area contributed by atoms with Crippen LogP contribution in [0.2, 0.25) is 0 Å². The van der Waals surface area contributed by atoms with E-state index in [0.29, 0.717) is 5.13 Å². The Labute approximate surface area is 143 Å². The molecule has 0 bridgehead atoms. The number of rotatable bonds is 3. The van der Waals surface area contributed by atoms with Crippen molar-refractivity contribution in [2.75, 3.05) is 22.6 Å². The van der Waals surface area contributed by atoms with E-state index in [1.54, 1.807) is 11.8 Å². The van der Waals surface area contributed by atoms with Gasteiger partial charge in [-0.2, -0.15) is 11.8 Å². The van der Waals surface area contributed by atoms with Crippen LogP contribution in [0, 0.1) is 13.8 Å². The quantitative estimate of drug-likeness (QED) is 0.900. The van der Waals surface area contributed by atoms with Gasteiger partial charge in [0.1, 0.15) is 0 Å². The lowest BCUT2D eigenvalue weighted by Gasteiger charge is -2.19. The van der Waals surface area contributed by atoms with Crippen molar-refractivity contribution >= 4 is 45.9 Å². The molecule has 0 aliphatic carbocycles. The molecule has 2 heterocycles. The topological polar surface area (TPSA) is 42.0 Å². The van der Waals surface area contributed by atoms with Crippen molar-refractivity contribution < 1.29 is 4.79 Å². The molecule has 1 aromatic carbocycles. The lowest BCUT2D eigenvalue weighted by molar-refractivity contribution is -0.115. The van der Waals surface area contributed by atoms with Crippen molar-refractivity contribution in [1.29, 1.82) is 0 Å². The number of aromatic nitrogens is 1. The van der Waals surface area contributed by atoms with Crippen molar-refractivity contribution in [1.82, 2.24) is 4.98 Å². The Bertz CT molecular complexity index is 678. The molecule has 1 unspecified atom stereocenters. The maximum atomic E-state index is 12.2. The summed E-state index contributed by atoms with van der Waals surface area (Å²) in [5.41, 5.74) is 4.52. The first-order valence-electron chi connectivity index (χ1n) is 7.17. The summed E-state index contributed by atoms with van der Waals surface area (Å²) in [7, 11) is 0. The molecular weight excluding hydrogens is 332 g/mol. The van der Waals surface area contributed by atoms with Gasteiger partial charge in [0.15, 0.2) is 5.13 Å². The number of aryl methyl sites for hydroxylation is 2. The summed E-state index contributed by atoms with van der Waals surface area (Å²) >= 11 is 5.08. The van der Waals surface area contributed by atoms with Crippen molar-refractivity contribution in [3.05, 3.63) is 34.7 Å². The summed E-state index contributed by atoms with van der Waals surface area (Å²) < 4.78 is 0. The molecule has 2 aromatic rings. The molecule has 6 heteroatoms. The zero-order valence-electron chi connectivity index (χ0n) is 12.6. The number of carbonyl (C=O) groups is 1. The number of thiazole rings is 1. The minimum atomic E-state index is 0.0483. The highest BCUT2D eigenvalue weighted by molar-refractivity contribution is 8.07. The first kappa shape index (κ1) is 15.9. The van der Waals surface area contributed by atoms with Gasteiger partial charge < -0.3 is 5.32 Å². The molecule has 0 spiro atoms. The van der Waals surface area contributed by atoms with Gasteiger partial charge in [0, 0.05) is 28.2 Å². The second kappa shape index (κ2) is 7.06. The second-order valence-electron chi connectivity index (χ2n) is 5.28. The Morgan fingerprint density at radius 2 is 2.18 bits per heavy atom. The number of nitrogens with one attached hydrogen (secondary N) is 1. The monoisotopic (exact) mass is 350 g/mol. The first-order valence-corrected chi connectivity index (χ1v) is 10.2. The SMILES string of the molecule is Cc1ccc(-c2csc(NC(=O)C3CSCCS3)n2)c(C)c1. The number of hydrogen-bond donors (Lipinski definition) is 1. The molecule has 1 aromatic heterocycles. The molecule has 3 nitrogen and oxygen atoms in total. The Morgan fingerprint density at radius 3 is 2.91 bits per heavy atom. The Hall–Kier alpha value is -0.980. The minimum absolute atomic E-state index is 0.0483. The van der Waals surface area contributed by atoms with Gasteiger partial charge in [0.05, 0.1) is 10.9 Å². The van der Waals surface area contributed by atoms with Crippen LogP contribution in [0.15, 0.2) is 23.6 Å². The van der Waals surface area contributed by atoms with Crippen molar-refractivity contribution in [3.8, 4) is 11.3 Å². The molecule has 0 saturated carbocycles. The van der Waals surface area contributed by atoms with E-state index in [9.17, 15) is 4.79 Å². The van der Waals surface area contributed by atoms with Gasteiger partial charge in [0.25, 0.3) is 0 Å². The van der Waals surface area contributed by atoms with E-state index in [0.717, 1.165) is 28.5 Å². The summed E-state index contributed by atoms with van der Waals surface area (Å²) in [6.07, 6.45) is 0. The van der Waals surface area contributed by atoms with Crippen LogP contribution in [0.3, 0.4) is 0 Å². The Kier molecular flexibility index (Phi) is 5.10. The normalized spacial score (nSPS) is 18.2. The van der Waals surface area contributed by atoms with Gasteiger partial charge in [-0.05, 0) is 19.4 Å². The zero-order valence-corrected chi connectivity index (χ0v) is 15.0. The summed E-state index contributed by atoms with van der Waals surface area (Å²) in [4.78, 5) is 16.8. The molecule has 0 radical (unpaired) electrons. The van der Waals surface area contributed by atoms with E-state index in [1.165, 1.54) is 22.5 Å². The van der Waals surface area contributed by atoms with E-state index in [-0.39, 0.29) is 11.2 Å². The maximum absolute atomic E-state index is 12.2. The van der Waals surface area contributed by atoms with Gasteiger partial charge >= 0.3 is 0 Å². The number of anilines is 1. The molecule has 3 rings (SSSR count). The third kappa shape index (κ3) is 3.67.